The van der Waals surface area contributed by atoms with E-state index in [1.165, 1.54) is 11.1 Å². The van der Waals surface area contributed by atoms with E-state index >= 15 is 0 Å². The molecule has 0 spiro atoms. The van der Waals surface area contributed by atoms with Crippen molar-refractivity contribution in [3.63, 3.8) is 0 Å². The highest BCUT2D eigenvalue weighted by Crippen LogP contribution is 2.28. The van der Waals surface area contributed by atoms with E-state index in [0.29, 0.717) is 11.1 Å². The third-order valence-electron chi connectivity index (χ3n) is 4.96. The summed E-state index contributed by atoms with van der Waals surface area (Å²) in [4.78, 5) is 28.8. The number of nitrogens with zero attached hydrogens (tertiary/aromatic N) is 1. The first-order valence-corrected chi connectivity index (χ1v) is 8.63. The monoisotopic (exact) mass is 382 g/mol. The summed E-state index contributed by atoms with van der Waals surface area (Å²) in [6, 6.07) is 10.2. The minimum Gasteiger partial charge on any atom is -0.451 e. The Kier molecular flexibility index (Phi) is 4.22. The average Bonchev–Trinajstić information content (AvgIpc) is 3.12. The van der Waals surface area contributed by atoms with Gasteiger partial charge >= 0.3 is 0 Å². The zero-order valence-corrected chi connectivity index (χ0v) is 15.1. The lowest BCUT2D eigenvalue weighted by Gasteiger charge is -2.25. The topological polar surface area (TPSA) is 66.3 Å². The van der Waals surface area contributed by atoms with Crippen molar-refractivity contribution < 1.29 is 18.0 Å². The van der Waals surface area contributed by atoms with E-state index < -0.39 is 23.2 Å². The summed E-state index contributed by atoms with van der Waals surface area (Å²) in [5.74, 6) is -2.36. The van der Waals surface area contributed by atoms with Gasteiger partial charge in [0, 0.05) is 18.6 Å². The van der Waals surface area contributed by atoms with Crippen molar-refractivity contribution in [2.75, 3.05) is 7.05 Å². The standard InChI is InChI=1S/C21H16F2N2O3/c1-11(15-10-24-20(26)14-9-17(23)16(22)8-13(14)15)25(2)21(27)19-7-12-5-3-4-6-18(12)28-19/h3-11H,1-2H3,(H,24,26)/t11-/m0/s1. The summed E-state index contributed by atoms with van der Waals surface area (Å²) >= 11 is 0. The van der Waals surface area contributed by atoms with Crippen LogP contribution < -0.4 is 5.56 Å². The summed E-state index contributed by atoms with van der Waals surface area (Å²) in [5, 5.41) is 1.08. The van der Waals surface area contributed by atoms with Gasteiger partial charge in [0.1, 0.15) is 5.58 Å². The first-order chi connectivity index (χ1) is 13.4. The SMILES string of the molecule is C[C@@H](c1c[nH]c(=O)c2cc(F)c(F)cc12)N(C)C(=O)c1cc2ccccc2o1. The second-order valence-corrected chi connectivity index (χ2v) is 6.63. The van der Waals surface area contributed by atoms with Crippen LogP contribution in [0.4, 0.5) is 8.78 Å². The van der Waals surface area contributed by atoms with Crippen LogP contribution in [-0.2, 0) is 0 Å². The highest BCUT2D eigenvalue weighted by molar-refractivity contribution is 5.96. The van der Waals surface area contributed by atoms with Crippen LogP contribution in [0.2, 0.25) is 0 Å². The van der Waals surface area contributed by atoms with Crippen LogP contribution in [0.3, 0.4) is 0 Å². The van der Waals surface area contributed by atoms with Crippen LogP contribution in [0, 0.1) is 11.6 Å². The third-order valence-corrected chi connectivity index (χ3v) is 4.96. The van der Waals surface area contributed by atoms with Crippen LogP contribution in [0.5, 0.6) is 0 Å². The number of halogens is 2. The number of aromatic nitrogens is 1. The second-order valence-electron chi connectivity index (χ2n) is 6.63. The van der Waals surface area contributed by atoms with Crippen LogP contribution in [0.1, 0.15) is 29.1 Å². The number of H-pyrrole nitrogens is 1. The number of carbonyl (C=O) groups excluding carboxylic acids is 1. The molecule has 28 heavy (non-hydrogen) atoms. The lowest BCUT2D eigenvalue weighted by molar-refractivity contribution is 0.0713. The van der Waals surface area contributed by atoms with Gasteiger partial charge in [-0.15, -0.1) is 0 Å². The first-order valence-electron chi connectivity index (χ1n) is 8.63. The number of para-hydroxylation sites is 1. The van der Waals surface area contributed by atoms with Gasteiger partial charge in [-0.25, -0.2) is 8.78 Å². The molecule has 0 aliphatic carbocycles. The maximum atomic E-state index is 13.8. The predicted molar refractivity (Wildman–Crippen MR) is 101 cm³/mol. The fraction of sp³-hybridized carbons (Fsp3) is 0.143. The molecule has 142 valence electrons. The fourth-order valence-electron chi connectivity index (χ4n) is 3.26. The Morgan fingerprint density at radius 3 is 2.50 bits per heavy atom. The molecule has 0 aliphatic heterocycles. The maximum absolute atomic E-state index is 13.8. The second kappa shape index (κ2) is 6.60. The first kappa shape index (κ1) is 17.9. The molecular formula is C21H16F2N2O3. The molecule has 0 bridgehead atoms. The molecule has 0 radical (unpaired) electrons. The van der Waals surface area contributed by atoms with Crippen LogP contribution in [0.15, 0.2) is 57.9 Å². The van der Waals surface area contributed by atoms with Crippen molar-refractivity contribution >= 4 is 27.6 Å². The molecule has 2 aromatic carbocycles. The number of rotatable bonds is 3. The highest BCUT2D eigenvalue weighted by atomic mass is 19.2. The smallest absolute Gasteiger partial charge is 0.289 e. The number of benzene rings is 2. The summed E-state index contributed by atoms with van der Waals surface area (Å²) < 4.78 is 33.0. The number of hydrogen-bond donors (Lipinski definition) is 1. The maximum Gasteiger partial charge on any atom is 0.289 e. The van der Waals surface area contributed by atoms with Crippen molar-refractivity contribution in [2.45, 2.75) is 13.0 Å². The molecule has 4 aromatic rings. The van der Waals surface area contributed by atoms with E-state index in [0.717, 1.165) is 17.5 Å². The molecule has 1 amide bonds. The predicted octanol–water partition coefficient (Wildman–Crippen LogP) is 4.39. The number of nitrogens with one attached hydrogen (secondary N) is 1. The van der Waals surface area contributed by atoms with E-state index in [-0.39, 0.29) is 22.4 Å². The third kappa shape index (κ3) is 2.85. The van der Waals surface area contributed by atoms with E-state index in [9.17, 15) is 18.4 Å². The minimum absolute atomic E-state index is 0.0211. The van der Waals surface area contributed by atoms with Gasteiger partial charge in [0.2, 0.25) is 0 Å². The number of carbonyl (C=O) groups is 1. The van der Waals surface area contributed by atoms with E-state index in [1.807, 2.05) is 18.2 Å². The normalized spacial score (nSPS) is 12.4. The van der Waals surface area contributed by atoms with Crippen molar-refractivity contribution in [3.8, 4) is 0 Å². The minimum atomic E-state index is -1.10. The Morgan fingerprint density at radius 2 is 1.79 bits per heavy atom. The highest BCUT2D eigenvalue weighted by Gasteiger charge is 2.24. The summed E-state index contributed by atoms with van der Waals surface area (Å²) in [6.07, 6.45) is 1.41. The number of fused-ring (bicyclic) bond motifs is 2. The molecular weight excluding hydrogens is 366 g/mol. The Labute approximate surface area is 158 Å². The number of amides is 1. The molecule has 0 aliphatic rings. The van der Waals surface area contributed by atoms with Gasteiger partial charge in [-0.05, 0) is 42.1 Å². The Morgan fingerprint density at radius 1 is 1.11 bits per heavy atom. The number of hydrogen-bond acceptors (Lipinski definition) is 3. The summed E-state index contributed by atoms with van der Waals surface area (Å²) in [6.45, 7) is 1.73. The Hall–Kier alpha value is -3.48. The largest absolute Gasteiger partial charge is 0.451 e. The van der Waals surface area contributed by atoms with Crippen molar-refractivity contribution in [1.82, 2.24) is 9.88 Å². The zero-order chi connectivity index (χ0) is 20.0. The Bertz CT molecular complexity index is 1240. The van der Waals surface area contributed by atoms with E-state index in [2.05, 4.69) is 4.98 Å². The van der Waals surface area contributed by atoms with E-state index in [4.69, 9.17) is 4.42 Å². The Balaban J connectivity index is 1.75. The van der Waals surface area contributed by atoms with Crippen molar-refractivity contribution in [2.24, 2.45) is 0 Å². The van der Waals surface area contributed by atoms with Gasteiger partial charge in [0.05, 0.1) is 11.4 Å². The fourth-order valence-corrected chi connectivity index (χ4v) is 3.26. The molecule has 1 N–H and O–H groups in total. The van der Waals surface area contributed by atoms with Gasteiger partial charge in [0.25, 0.3) is 11.5 Å². The van der Waals surface area contributed by atoms with Crippen molar-refractivity contribution in [3.05, 3.63) is 82.0 Å². The summed E-state index contributed by atoms with van der Waals surface area (Å²) in [7, 11) is 1.58. The molecule has 4 rings (SSSR count). The zero-order valence-electron chi connectivity index (χ0n) is 15.1. The van der Waals surface area contributed by atoms with Gasteiger partial charge in [-0.2, -0.15) is 0 Å². The lowest BCUT2D eigenvalue weighted by Crippen LogP contribution is -2.30. The molecule has 0 saturated heterocycles. The van der Waals surface area contributed by atoms with Gasteiger partial charge in [-0.3, -0.25) is 9.59 Å². The molecule has 0 saturated carbocycles. The molecule has 7 heteroatoms. The molecule has 5 nitrogen and oxygen atoms in total. The molecule has 1 atom stereocenters. The average molecular weight is 382 g/mol. The van der Waals surface area contributed by atoms with Gasteiger partial charge in [0.15, 0.2) is 17.4 Å². The molecule has 0 fully saturated rings. The van der Waals surface area contributed by atoms with Crippen molar-refractivity contribution in [1.29, 1.82) is 0 Å². The molecule has 0 unspecified atom stereocenters. The van der Waals surface area contributed by atoms with Crippen LogP contribution in [-0.4, -0.2) is 22.8 Å². The lowest BCUT2D eigenvalue weighted by atomic mass is 10.0. The number of pyridine rings is 1. The van der Waals surface area contributed by atoms with Gasteiger partial charge in [-0.1, -0.05) is 18.2 Å². The quantitative estimate of drug-likeness (QED) is 0.572. The van der Waals surface area contributed by atoms with Crippen LogP contribution in [0.25, 0.3) is 21.7 Å². The molecule has 2 heterocycles. The molecule has 2 aromatic heterocycles. The van der Waals surface area contributed by atoms with Crippen LogP contribution >= 0.6 is 0 Å². The summed E-state index contributed by atoms with van der Waals surface area (Å²) in [5.41, 5.74) is 0.551. The van der Waals surface area contributed by atoms with E-state index in [1.54, 1.807) is 26.1 Å². The number of aromatic amines is 1. The number of furan rings is 1. The van der Waals surface area contributed by atoms with Gasteiger partial charge < -0.3 is 14.3 Å².